The second-order valence-corrected chi connectivity index (χ2v) is 4.53. The number of hydrogen-bond donors (Lipinski definition) is 1. The lowest BCUT2D eigenvalue weighted by Gasteiger charge is -2.34. The van der Waals surface area contributed by atoms with E-state index in [9.17, 15) is 8.78 Å². The van der Waals surface area contributed by atoms with E-state index in [0.29, 0.717) is 10.6 Å². The van der Waals surface area contributed by atoms with Crippen LogP contribution in [0.4, 0.5) is 8.78 Å². The maximum absolute atomic E-state index is 13.2. The highest BCUT2D eigenvalue weighted by atomic mass is 35.5. The predicted octanol–water partition coefficient (Wildman–Crippen LogP) is 2.39. The number of hydrogen-bond acceptors (Lipinski definition) is 2. The molecule has 94 valence electrons. The van der Waals surface area contributed by atoms with Gasteiger partial charge in [0, 0.05) is 31.2 Å². The lowest BCUT2D eigenvalue weighted by molar-refractivity contribution is 0.147. The van der Waals surface area contributed by atoms with E-state index in [1.54, 1.807) is 6.07 Å². The van der Waals surface area contributed by atoms with Crippen LogP contribution < -0.4 is 5.32 Å². The van der Waals surface area contributed by atoms with Crippen molar-refractivity contribution in [3.8, 4) is 0 Å². The molecule has 1 aromatic carbocycles. The summed E-state index contributed by atoms with van der Waals surface area (Å²) in [7, 11) is 0. The Morgan fingerprint density at radius 1 is 1.35 bits per heavy atom. The van der Waals surface area contributed by atoms with Crippen molar-refractivity contribution in [1.82, 2.24) is 10.2 Å². The molecule has 5 heteroatoms. The van der Waals surface area contributed by atoms with Gasteiger partial charge in [0.2, 0.25) is 0 Å². The van der Waals surface area contributed by atoms with Gasteiger partial charge in [-0.05, 0) is 17.7 Å². The summed E-state index contributed by atoms with van der Waals surface area (Å²) in [6.07, 6.45) is 0. The van der Waals surface area contributed by atoms with Crippen molar-refractivity contribution in [2.24, 2.45) is 0 Å². The molecule has 1 N–H and O–H groups in total. The minimum atomic E-state index is -0.509. The van der Waals surface area contributed by atoms with Crippen LogP contribution in [0.1, 0.15) is 11.6 Å². The number of alkyl halides is 1. The quantitative estimate of drug-likeness (QED) is 0.898. The molecule has 0 amide bonds. The maximum atomic E-state index is 13.2. The van der Waals surface area contributed by atoms with Crippen LogP contribution in [0, 0.1) is 5.82 Å². The molecule has 1 heterocycles. The first kappa shape index (κ1) is 12.7. The lowest BCUT2D eigenvalue weighted by atomic mass is 10.1. The van der Waals surface area contributed by atoms with Gasteiger partial charge in [-0.1, -0.05) is 17.7 Å². The van der Waals surface area contributed by atoms with E-state index >= 15 is 0 Å². The molecule has 1 atom stereocenters. The van der Waals surface area contributed by atoms with Crippen LogP contribution in [-0.2, 0) is 0 Å². The monoisotopic (exact) mass is 260 g/mol. The minimum absolute atomic E-state index is 0.297. The van der Waals surface area contributed by atoms with Gasteiger partial charge >= 0.3 is 0 Å². The molecule has 1 aliphatic rings. The van der Waals surface area contributed by atoms with Gasteiger partial charge in [0.25, 0.3) is 0 Å². The van der Waals surface area contributed by atoms with Crippen LogP contribution in [-0.4, -0.2) is 37.8 Å². The summed E-state index contributed by atoms with van der Waals surface area (Å²) in [5.41, 5.74) is 0.664. The second kappa shape index (κ2) is 5.76. The van der Waals surface area contributed by atoms with Crippen molar-refractivity contribution in [2.75, 3.05) is 32.9 Å². The molecule has 0 aliphatic carbocycles. The molecule has 0 bridgehead atoms. The summed E-state index contributed by atoms with van der Waals surface area (Å²) in [6, 6.07) is 3.77. The van der Waals surface area contributed by atoms with Gasteiger partial charge in [-0.3, -0.25) is 4.90 Å². The van der Waals surface area contributed by atoms with Crippen molar-refractivity contribution in [2.45, 2.75) is 6.04 Å². The molecule has 0 spiro atoms. The first-order valence-electron chi connectivity index (χ1n) is 5.68. The average Bonchev–Trinajstić information content (AvgIpc) is 2.34. The van der Waals surface area contributed by atoms with Gasteiger partial charge in [-0.2, -0.15) is 0 Å². The van der Waals surface area contributed by atoms with Crippen LogP contribution in [0.3, 0.4) is 0 Å². The molecule has 1 aliphatic heterocycles. The Labute approximate surface area is 105 Å². The number of nitrogens with zero attached hydrogens (tertiary/aromatic N) is 1. The van der Waals surface area contributed by atoms with Crippen LogP contribution in [0.5, 0.6) is 0 Å². The smallest absolute Gasteiger partial charge is 0.124 e. The third-order valence-electron chi connectivity index (χ3n) is 3.06. The van der Waals surface area contributed by atoms with Crippen LogP contribution in [0.25, 0.3) is 0 Å². The third kappa shape index (κ3) is 2.94. The van der Waals surface area contributed by atoms with E-state index in [-0.39, 0.29) is 6.04 Å². The molecule has 1 fully saturated rings. The zero-order valence-corrected chi connectivity index (χ0v) is 10.2. The summed E-state index contributed by atoms with van der Waals surface area (Å²) in [5, 5.41) is 3.51. The molecule has 1 saturated heterocycles. The standard InChI is InChI=1S/C12H15ClF2N2/c13-11-7-9(15)1-2-10(11)12(8-14)17-5-3-16-4-6-17/h1-2,7,12,16H,3-6,8H2/t12-/m0/s1. The normalized spacial score (nSPS) is 19.2. The number of benzene rings is 1. The number of piperazine rings is 1. The van der Waals surface area contributed by atoms with E-state index < -0.39 is 12.5 Å². The van der Waals surface area contributed by atoms with E-state index in [1.807, 2.05) is 4.90 Å². The van der Waals surface area contributed by atoms with Crippen molar-refractivity contribution in [3.63, 3.8) is 0 Å². The molecule has 2 nitrogen and oxygen atoms in total. The van der Waals surface area contributed by atoms with Gasteiger partial charge < -0.3 is 5.32 Å². The Bertz CT molecular complexity index is 381. The van der Waals surface area contributed by atoms with Crippen molar-refractivity contribution in [1.29, 1.82) is 0 Å². The Morgan fingerprint density at radius 2 is 2.06 bits per heavy atom. The van der Waals surface area contributed by atoms with Crippen molar-refractivity contribution in [3.05, 3.63) is 34.6 Å². The van der Waals surface area contributed by atoms with Crippen LogP contribution in [0.2, 0.25) is 5.02 Å². The topological polar surface area (TPSA) is 15.3 Å². The molecule has 0 radical (unpaired) electrons. The summed E-state index contributed by atoms with van der Waals surface area (Å²) < 4.78 is 26.1. The zero-order valence-electron chi connectivity index (χ0n) is 9.43. The first-order valence-corrected chi connectivity index (χ1v) is 6.06. The highest BCUT2D eigenvalue weighted by Gasteiger charge is 2.23. The molecule has 0 aromatic heterocycles. The number of rotatable bonds is 3. The largest absolute Gasteiger partial charge is 0.314 e. The second-order valence-electron chi connectivity index (χ2n) is 4.12. The predicted molar refractivity (Wildman–Crippen MR) is 64.6 cm³/mol. The average molecular weight is 261 g/mol. The van der Waals surface area contributed by atoms with Gasteiger partial charge in [0.1, 0.15) is 12.5 Å². The molecule has 2 rings (SSSR count). The van der Waals surface area contributed by atoms with Crippen LogP contribution in [0.15, 0.2) is 18.2 Å². The summed E-state index contributed by atoms with van der Waals surface area (Å²) >= 11 is 5.97. The zero-order chi connectivity index (χ0) is 12.3. The number of halogens is 3. The van der Waals surface area contributed by atoms with Gasteiger partial charge in [0.05, 0.1) is 6.04 Å². The fraction of sp³-hybridized carbons (Fsp3) is 0.500. The molecule has 0 unspecified atom stereocenters. The van der Waals surface area contributed by atoms with Crippen LogP contribution >= 0.6 is 11.6 Å². The van der Waals surface area contributed by atoms with Gasteiger partial charge in [0.15, 0.2) is 0 Å². The van der Waals surface area contributed by atoms with E-state index in [2.05, 4.69) is 5.32 Å². The van der Waals surface area contributed by atoms with Crippen molar-refractivity contribution < 1.29 is 8.78 Å². The Morgan fingerprint density at radius 3 is 2.65 bits per heavy atom. The van der Waals surface area contributed by atoms with E-state index in [0.717, 1.165) is 26.2 Å². The van der Waals surface area contributed by atoms with Crippen molar-refractivity contribution >= 4 is 11.6 Å². The fourth-order valence-electron chi connectivity index (χ4n) is 2.14. The molecule has 0 saturated carbocycles. The Kier molecular flexibility index (Phi) is 4.31. The van der Waals surface area contributed by atoms with E-state index in [1.165, 1.54) is 12.1 Å². The third-order valence-corrected chi connectivity index (χ3v) is 3.39. The molecular formula is C12H15ClF2N2. The van der Waals surface area contributed by atoms with Gasteiger partial charge in [-0.25, -0.2) is 8.78 Å². The Balaban J connectivity index is 2.21. The summed E-state index contributed by atoms with van der Waals surface area (Å²) in [6.45, 7) is 2.74. The highest BCUT2D eigenvalue weighted by Crippen LogP contribution is 2.28. The lowest BCUT2D eigenvalue weighted by Crippen LogP contribution is -2.45. The summed E-state index contributed by atoms with van der Waals surface area (Å²) in [5.74, 6) is -0.392. The maximum Gasteiger partial charge on any atom is 0.124 e. The first-order chi connectivity index (χ1) is 8.22. The molecular weight excluding hydrogens is 246 g/mol. The SMILES string of the molecule is FC[C@@H](c1ccc(F)cc1Cl)N1CCNCC1. The fourth-order valence-corrected chi connectivity index (χ4v) is 2.44. The number of nitrogens with one attached hydrogen (secondary N) is 1. The highest BCUT2D eigenvalue weighted by molar-refractivity contribution is 6.31. The molecule has 17 heavy (non-hydrogen) atoms. The molecule has 1 aromatic rings. The van der Waals surface area contributed by atoms with E-state index in [4.69, 9.17) is 11.6 Å². The minimum Gasteiger partial charge on any atom is -0.314 e. The summed E-state index contributed by atoms with van der Waals surface area (Å²) in [4.78, 5) is 2.04. The van der Waals surface area contributed by atoms with Gasteiger partial charge in [-0.15, -0.1) is 0 Å². The Hall–Kier alpha value is -0.710.